The number of carboxylic acid groups (broad SMARTS) is 1. The molecule has 0 heterocycles. The Morgan fingerprint density at radius 3 is 2.20 bits per heavy atom. The summed E-state index contributed by atoms with van der Waals surface area (Å²) >= 11 is 0. The monoisotopic (exact) mass is 288 g/mol. The molecule has 7 heteroatoms. The normalized spacial score (nSPS) is 12.1. The van der Waals surface area contributed by atoms with Crippen molar-refractivity contribution in [1.82, 2.24) is 10.6 Å². The summed E-state index contributed by atoms with van der Waals surface area (Å²) in [5.41, 5.74) is 0. The molecule has 0 rings (SSSR count). The van der Waals surface area contributed by atoms with Crippen LogP contribution in [0.1, 0.15) is 40.5 Å². The van der Waals surface area contributed by atoms with E-state index in [4.69, 9.17) is 9.84 Å². The maximum absolute atomic E-state index is 11.9. The molecule has 1 atom stereocenters. The van der Waals surface area contributed by atoms with E-state index in [1.54, 1.807) is 27.7 Å². The number of hydrogen-bond donors (Lipinski definition) is 3. The van der Waals surface area contributed by atoms with Crippen molar-refractivity contribution in [3.63, 3.8) is 0 Å². The predicted molar refractivity (Wildman–Crippen MR) is 73.3 cm³/mol. The lowest BCUT2D eigenvalue weighted by Crippen LogP contribution is -2.50. The molecule has 0 aromatic heterocycles. The van der Waals surface area contributed by atoms with Crippen LogP contribution in [0, 0.1) is 5.92 Å². The summed E-state index contributed by atoms with van der Waals surface area (Å²) in [6.45, 7) is 7.30. The lowest BCUT2D eigenvalue weighted by Gasteiger charge is -2.22. The van der Waals surface area contributed by atoms with Crippen LogP contribution in [0.25, 0.3) is 0 Å². The summed E-state index contributed by atoms with van der Waals surface area (Å²) in [5.74, 6) is -1.35. The van der Waals surface area contributed by atoms with Gasteiger partial charge in [0, 0.05) is 13.0 Å². The van der Waals surface area contributed by atoms with Gasteiger partial charge < -0.3 is 20.5 Å². The Balaban J connectivity index is 4.26. The quantitative estimate of drug-likeness (QED) is 0.581. The third-order valence-electron chi connectivity index (χ3n) is 2.43. The summed E-state index contributed by atoms with van der Waals surface area (Å²) in [6.07, 6.45) is -0.557. The summed E-state index contributed by atoms with van der Waals surface area (Å²) in [5, 5.41) is 13.6. The van der Waals surface area contributed by atoms with Crippen molar-refractivity contribution >= 4 is 18.0 Å². The predicted octanol–water partition coefficient (Wildman–Crippen LogP) is 1.13. The van der Waals surface area contributed by atoms with E-state index in [2.05, 4.69) is 10.6 Å². The first kappa shape index (κ1) is 18.2. The van der Waals surface area contributed by atoms with Crippen molar-refractivity contribution in [2.45, 2.75) is 52.7 Å². The number of aliphatic carboxylic acids is 1. The minimum absolute atomic E-state index is 0.00452. The third-order valence-corrected chi connectivity index (χ3v) is 2.43. The first-order valence-corrected chi connectivity index (χ1v) is 6.70. The van der Waals surface area contributed by atoms with Crippen molar-refractivity contribution in [2.75, 3.05) is 6.54 Å². The minimum Gasteiger partial charge on any atom is -0.481 e. The Morgan fingerprint density at radius 1 is 1.15 bits per heavy atom. The molecule has 2 amide bonds. The second-order valence-electron chi connectivity index (χ2n) is 5.11. The van der Waals surface area contributed by atoms with Gasteiger partial charge in [0.2, 0.25) is 5.91 Å². The number of ether oxygens (including phenoxy) is 1. The zero-order valence-corrected chi connectivity index (χ0v) is 12.4. The van der Waals surface area contributed by atoms with E-state index in [9.17, 15) is 14.4 Å². The van der Waals surface area contributed by atoms with Gasteiger partial charge >= 0.3 is 12.1 Å². The van der Waals surface area contributed by atoms with Crippen LogP contribution < -0.4 is 10.6 Å². The molecule has 0 spiro atoms. The molecule has 3 N–H and O–H groups in total. The lowest BCUT2D eigenvalue weighted by atomic mass is 10.0. The average Bonchev–Trinajstić information content (AvgIpc) is 2.29. The van der Waals surface area contributed by atoms with Gasteiger partial charge in [-0.3, -0.25) is 9.59 Å². The second-order valence-corrected chi connectivity index (χ2v) is 5.11. The topological polar surface area (TPSA) is 105 Å². The molecule has 0 saturated heterocycles. The molecule has 0 aliphatic heterocycles. The van der Waals surface area contributed by atoms with Crippen LogP contribution in [0.3, 0.4) is 0 Å². The van der Waals surface area contributed by atoms with Crippen LogP contribution >= 0.6 is 0 Å². The molecule has 0 aliphatic rings. The second kappa shape index (κ2) is 9.17. The summed E-state index contributed by atoms with van der Waals surface area (Å²) in [7, 11) is 0. The molecule has 7 nitrogen and oxygen atoms in total. The number of nitrogens with one attached hydrogen (secondary N) is 2. The van der Waals surface area contributed by atoms with Crippen LogP contribution in [0.4, 0.5) is 4.79 Å². The molecule has 0 aromatic rings. The zero-order valence-electron chi connectivity index (χ0n) is 12.4. The molecule has 1 unspecified atom stereocenters. The Bertz CT molecular complexity index is 342. The molecule has 20 heavy (non-hydrogen) atoms. The molecule has 0 bridgehead atoms. The van der Waals surface area contributed by atoms with Crippen LogP contribution in [0.15, 0.2) is 0 Å². The van der Waals surface area contributed by atoms with E-state index in [1.807, 2.05) is 0 Å². The largest absolute Gasteiger partial charge is 0.481 e. The number of rotatable bonds is 8. The van der Waals surface area contributed by atoms with Crippen LogP contribution in [0.2, 0.25) is 0 Å². The summed E-state index contributed by atoms with van der Waals surface area (Å²) in [4.78, 5) is 33.8. The van der Waals surface area contributed by atoms with E-state index < -0.39 is 18.1 Å². The summed E-state index contributed by atoms with van der Waals surface area (Å²) in [6, 6.07) is -0.703. The lowest BCUT2D eigenvalue weighted by molar-refractivity contribution is -0.137. The van der Waals surface area contributed by atoms with E-state index in [1.165, 1.54) is 0 Å². The highest BCUT2D eigenvalue weighted by Gasteiger charge is 2.24. The number of hydrogen-bond acceptors (Lipinski definition) is 4. The van der Waals surface area contributed by atoms with Gasteiger partial charge in [-0.2, -0.15) is 0 Å². The van der Waals surface area contributed by atoms with Crippen molar-refractivity contribution in [3.05, 3.63) is 0 Å². The van der Waals surface area contributed by atoms with E-state index in [0.717, 1.165) is 0 Å². The number of carbonyl (C=O) groups excluding carboxylic acids is 2. The Labute approximate surface area is 119 Å². The number of carbonyl (C=O) groups is 3. The van der Waals surface area contributed by atoms with Gasteiger partial charge in [-0.15, -0.1) is 0 Å². The van der Waals surface area contributed by atoms with E-state index in [-0.39, 0.29) is 30.9 Å². The minimum atomic E-state index is -0.904. The fourth-order valence-electron chi connectivity index (χ4n) is 1.47. The first-order chi connectivity index (χ1) is 9.23. The Morgan fingerprint density at radius 2 is 1.75 bits per heavy atom. The zero-order chi connectivity index (χ0) is 15.7. The first-order valence-electron chi connectivity index (χ1n) is 6.70. The van der Waals surface area contributed by atoms with Gasteiger partial charge in [-0.1, -0.05) is 13.8 Å². The molecule has 0 aliphatic carbocycles. The van der Waals surface area contributed by atoms with Crippen molar-refractivity contribution < 1.29 is 24.2 Å². The van der Waals surface area contributed by atoms with Gasteiger partial charge in [0.15, 0.2) is 0 Å². The fourth-order valence-corrected chi connectivity index (χ4v) is 1.47. The highest BCUT2D eigenvalue weighted by atomic mass is 16.6. The third kappa shape index (κ3) is 8.34. The molecule has 0 radical (unpaired) electrons. The van der Waals surface area contributed by atoms with Crippen LogP contribution in [-0.4, -0.2) is 41.8 Å². The molecular formula is C13H24N2O5. The van der Waals surface area contributed by atoms with Crippen molar-refractivity contribution in [3.8, 4) is 0 Å². The standard InChI is InChI=1S/C13H24N2O5/c1-8(2)11(15-13(19)20-9(3)4)12(18)14-7-5-6-10(16)17/h8-9,11H,5-7H2,1-4H3,(H,14,18)(H,15,19)(H,16,17). The molecule has 0 fully saturated rings. The molecule has 116 valence electrons. The SMILES string of the molecule is CC(C)OC(=O)NC(C(=O)NCCCC(=O)O)C(C)C. The number of carboxylic acids is 1. The average molecular weight is 288 g/mol. The van der Waals surface area contributed by atoms with Crippen molar-refractivity contribution in [2.24, 2.45) is 5.92 Å². The van der Waals surface area contributed by atoms with E-state index in [0.29, 0.717) is 6.42 Å². The Kier molecular flexibility index (Phi) is 8.35. The van der Waals surface area contributed by atoms with E-state index >= 15 is 0 Å². The molecule has 0 aromatic carbocycles. The van der Waals surface area contributed by atoms with Gasteiger partial charge in [0.1, 0.15) is 6.04 Å². The highest BCUT2D eigenvalue weighted by molar-refractivity contribution is 5.85. The maximum Gasteiger partial charge on any atom is 0.408 e. The molecule has 0 saturated carbocycles. The number of amides is 2. The maximum atomic E-state index is 11.9. The number of alkyl carbamates (subject to hydrolysis) is 1. The fraction of sp³-hybridized carbons (Fsp3) is 0.769. The highest BCUT2D eigenvalue weighted by Crippen LogP contribution is 2.03. The molecular weight excluding hydrogens is 264 g/mol. The summed E-state index contributed by atoms with van der Waals surface area (Å²) < 4.78 is 4.93. The van der Waals surface area contributed by atoms with Gasteiger partial charge in [-0.05, 0) is 26.2 Å². The van der Waals surface area contributed by atoms with Gasteiger partial charge in [-0.25, -0.2) is 4.79 Å². The van der Waals surface area contributed by atoms with Gasteiger partial charge in [0.25, 0.3) is 0 Å². The van der Waals surface area contributed by atoms with Crippen LogP contribution in [-0.2, 0) is 14.3 Å². The Hall–Kier alpha value is -1.79. The van der Waals surface area contributed by atoms with Crippen molar-refractivity contribution in [1.29, 1.82) is 0 Å². The smallest absolute Gasteiger partial charge is 0.408 e. The van der Waals surface area contributed by atoms with Crippen LogP contribution in [0.5, 0.6) is 0 Å². The van der Waals surface area contributed by atoms with Gasteiger partial charge in [0.05, 0.1) is 6.10 Å².